The van der Waals surface area contributed by atoms with E-state index in [2.05, 4.69) is 45.1 Å². The van der Waals surface area contributed by atoms with Gasteiger partial charge in [0.15, 0.2) is 6.79 Å². The molecule has 1 aliphatic rings. The van der Waals surface area contributed by atoms with E-state index in [1.165, 1.54) is 5.56 Å². The van der Waals surface area contributed by atoms with Gasteiger partial charge in [-0.3, -0.25) is 14.8 Å². The predicted molar refractivity (Wildman–Crippen MR) is 106 cm³/mol. The highest BCUT2D eigenvalue weighted by molar-refractivity contribution is 5.42. The van der Waals surface area contributed by atoms with E-state index in [9.17, 15) is 0 Å². The van der Waals surface area contributed by atoms with Gasteiger partial charge in [-0.25, -0.2) is 0 Å². The van der Waals surface area contributed by atoms with Crippen LogP contribution in [0.15, 0.2) is 36.5 Å². The molecule has 0 spiro atoms. The zero-order chi connectivity index (χ0) is 19.1. The molecule has 2 aromatic rings. The molecule has 0 saturated carbocycles. The average molecular weight is 370 g/mol. The van der Waals surface area contributed by atoms with Crippen LogP contribution in [0, 0.1) is 6.92 Å². The highest BCUT2D eigenvalue weighted by Gasteiger charge is 2.20. The monoisotopic (exact) mass is 370 g/mol. The van der Waals surface area contributed by atoms with E-state index in [1.54, 1.807) is 7.11 Å². The fourth-order valence-electron chi connectivity index (χ4n) is 3.53. The van der Waals surface area contributed by atoms with Crippen molar-refractivity contribution in [2.24, 2.45) is 5.73 Å². The average Bonchev–Trinajstić information content (AvgIpc) is 2.70. The van der Waals surface area contributed by atoms with Gasteiger partial charge >= 0.3 is 0 Å². The van der Waals surface area contributed by atoms with Crippen molar-refractivity contribution in [3.63, 3.8) is 0 Å². The minimum absolute atomic E-state index is 0.205. The first-order valence-electron chi connectivity index (χ1n) is 9.49. The Hall–Kier alpha value is -1.99. The number of aryl methyl sites for hydroxylation is 1. The van der Waals surface area contributed by atoms with Gasteiger partial charge in [0.25, 0.3) is 0 Å². The number of methoxy groups -OCH3 is 1. The number of rotatable bonds is 8. The van der Waals surface area contributed by atoms with Gasteiger partial charge in [0, 0.05) is 64.7 Å². The SMILES string of the molecule is COCOc1c(C)ncc(CN2CCN(Cc3ccccc3)CC2)c1CN. The molecule has 0 unspecified atom stereocenters. The Morgan fingerprint density at radius 2 is 1.70 bits per heavy atom. The summed E-state index contributed by atoms with van der Waals surface area (Å²) in [4.78, 5) is 9.48. The molecule has 3 rings (SSSR count). The summed E-state index contributed by atoms with van der Waals surface area (Å²) in [5, 5.41) is 0. The Morgan fingerprint density at radius 1 is 1.04 bits per heavy atom. The molecule has 1 aromatic heterocycles. The van der Waals surface area contributed by atoms with Crippen molar-refractivity contribution in [3.05, 3.63) is 58.9 Å². The van der Waals surface area contributed by atoms with Crippen LogP contribution in [0.3, 0.4) is 0 Å². The Morgan fingerprint density at radius 3 is 2.33 bits per heavy atom. The van der Waals surface area contributed by atoms with Crippen molar-refractivity contribution in [1.29, 1.82) is 0 Å². The van der Waals surface area contributed by atoms with E-state index >= 15 is 0 Å². The third-order valence-corrected chi connectivity index (χ3v) is 5.04. The van der Waals surface area contributed by atoms with Crippen molar-refractivity contribution < 1.29 is 9.47 Å². The van der Waals surface area contributed by atoms with Gasteiger partial charge in [-0.2, -0.15) is 0 Å². The van der Waals surface area contributed by atoms with E-state index in [4.69, 9.17) is 15.2 Å². The predicted octanol–water partition coefficient (Wildman–Crippen LogP) is 2.15. The fourth-order valence-corrected chi connectivity index (χ4v) is 3.53. The molecule has 1 aliphatic heterocycles. The van der Waals surface area contributed by atoms with Gasteiger partial charge in [0.2, 0.25) is 0 Å². The van der Waals surface area contributed by atoms with Crippen LogP contribution in [0.5, 0.6) is 5.75 Å². The molecule has 0 bridgehead atoms. The maximum absolute atomic E-state index is 6.03. The first kappa shape index (κ1) is 19.8. The first-order valence-corrected chi connectivity index (χ1v) is 9.49. The smallest absolute Gasteiger partial charge is 0.188 e. The van der Waals surface area contributed by atoms with Crippen molar-refractivity contribution in [1.82, 2.24) is 14.8 Å². The molecule has 1 fully saturated rings. The van der Waals surface area contributed by atoms with Crippen molar-refractivity contribution in [2.75, 3.05) is 40.1 Å². The Bertz CT molecular complexity index is 716. The van der Waals surface area contributed by atoms with Crippen LogP contribution >= 0.6 is 0 Å². The Balaban J connectivity index is 1.60. The molecule has 0 radical (unpaired) electrons. The maximum Gasteiger partial charge on any atom is 0.188 e. The summed E-state index contributed by atoms with van der Waals surface area (Å²) in [5.41, 5.74) is 10.4. The van der Waals surface area contributed by atoms with E-state index in [0.717, 1.165) is 61.8 Å². The van der Waals surface area contributed by atoms with Crippen LogP contribution in [0.4, 0.5) is 0 Å². The topological polar surface area (TPSA) is 63.9 Å². The Labute approximate surface area is 161 Å². The summed E-state index contributed by atoms with van der Waals surface area (Å²) in [6.07, 6.45) is 1.94. The van der Waals surface area contributed by atoms with Gasteiger partial charge in [-0.15, -0.1) is 0 Å². The molecular formula is C21H30N4O2. The summed E-state index contributed by atoms with van der Waals surface area (Å²) in [7, 11) is 1.61. The number of aromatic nitrogens is 1. The summed E-state index contributed by atoms with van der Waals surface area (Å²) in [5.74, 6) is 0.763. The van der Waals surface area contributed by atoms with Crippen molar-refractivity contribution in [3.8, 4) is 5.75 Å². The number of nitrogens with two attached hydrogens (primary N) is 1. The standard InChI is InChI=1S/C21H30N4O2/c1-17-21(27-16-26-2)20(12-22)19(13-23-17)15-25-10-8-24(9-11-25)14-18-6-4-3-5-7-18/h3-7,13H,8-12,14-16,22H2,1-2H3. The van der Waals surface area contributed by atoms with Gasteiger partial charge in [-0.05, 0) is 18.1 Å². The van der Waals surface area contributed by atoms with Gasteiger partial charge in [-0.1, -0.05) is 30.3 Å². The first-order chi connectivity index (χ1) is 13.2. The quantitative estimate of drug-likeness (QED) is 0.719. The molecule has 0 atom stereocenters. The largest absolute Gasteiger partial charge is 0.465 e. The summed E-state index contributed by atoms with van der Waals surface area (Å²) in [6, 6.07) is 10.7. The maximum atomic E-state index is 6.03. The lowest BCUT2D eigenvalue weighted by atomic mass is 10.1. The van der Waals surface area contributed by atoms with Crippen molar-refractivity contribution in [2.45, 2.75) is 26.6 Å². The number of benzene rings is 1. The zero-order valence-corrected chi connectivity index (χ0v) is 16.4. The highest BCUT2D eigenvalue weighted by atomic mass is 16.7. The third-order valence-electron chi connectivity index (χ3n) is 5.04. The number of piperazine rings is 1. The molecule has 0 aliphatic carbocycles. The van der Waals surface area contributed by atoms with Gasteiger partial charge < -0.3 is 15.2 Å². The molecule has 27 heavy (non-hydrogen) atoms. The second-order valence-corrected chi connectivity index (χ2v) is 6.97. The molecule has 6 nitrogen and oxygen atoms in total. The molecule has 2 N–H and O–H groups in total. The van der Waals surface area contributed by atoms with Crippen LogP contribution in [0.1, 0.15) is 22.4 Å². The van der Waals surface area contributed by atoms with E-state index in [1.807, 2.05) is 13.1 Å². The normalized spacial score (nSPS) is 15.8. The van der Waals surface area contributed by atoms with E-state index in [0.29, 0.717) is 6.54 Å². The van der Waals surface area contributed by atoms with Crippen LogP contribution in [-0.2, 0) is 24.4 Å². The van der Waals surface area contributed by atoms with E-state index < -0.39 is 0 Å². The van der Waals surface area contributed by atoms with Crippen LogP contribution in [-0.4, -0.2) is 54.9 Å². The zero-order valence-electron chi connectivity index (χ0n) is 16.4. The molecular weight excluding hydrogens is 340 g/mol. The van der Waals surface area contributed by atoms with E-state index in [-0.39, 0.29) is 6.79 Å². The fraction of sp³-hybridized carbons (Fsp3) is 0.476. The molecule has 1 saturated heterocycles. The number of pyridine rings is 1. The lowest BCUT2D eigenvalue weighted by Crippen LogP contribution is -2.45. The molecule has 1 aromatic carbocycles. The van der Waals surface area contributed by atoms with Crippen LogP contribution in [0.25, 0.3) is 0 Å². The molecule has 146 valence electrons. The second-order valence-electron chi connectivity index (χ2n) is 6.97. The minimum Gasteiger partial charge on any atom is -0.465 e. The minimum atomic E-state index is 0.205. The number of hydrogen-bond acceptors (Lipinski definition) is 6. The summed E-state index contributed by atoms with van der Waals surface area (Å²) in [6.45, 7) is 8.67. The van der Waals surface area contributed by atoms with Crippen LogP contribution < -0.4 is 10.5 Å². The molecule has 6 heteroatoms. The summed E-state index contributed by atoms with van der Waals surface area (Å²) >= 11 is 0. The number of hydrogen-bond donors (Lipinski definition) is 1. The lowest BCUT2D eigenvalue weighted by Gasteiger charge is -2.35. The molecule has 2 heterocycles. The molecule has 0 amide bonds. The van der Waals surface area contributed by atoms with Gasteiger partial charge in [0.1, 0.15) is 5.75 Å². The number of ether oxygens (including phenoxy) is 2. The Kier molecular flexibility index (Phi) is 7.18. The van der Waals surface area contributed by atoms with Gasteiger partial charge in [0.05, 0.1) is 5.69 Å². The second kappa shape index (κ2) is 9.80. The van der Waals surface area contributed by atoms with Crippen LogP contribution in [0.2, 0.25) is 0 Å². The lowest BCUT2D eigenvalue weighted by molar-refractivity contribution is 0.0494. The highest BCUT2D eigenvalue weighted by Crippen LogP contribution is 2.26. The summed E-state index contributed by atoms with van der Waals surface area (Å²) < 4.78 is 10.8. The number of nitrogens with zero attached hydrogens (tertiary/aromatic N) is 3. The third kappa shape index (κ3) is 5.26. The van der Waals surface area contributed by atoms with Crippen molar-refractivity contribution >= 4 is 0 Å².